The van der Waals surface area contributed by atoms with Crippen LogP contribution in [0.25, 0.3) is 0 Å². The molecule has 0 unspecified atom stereocenters. The van der Waals surface area contributed by atoms with Gasteiger partial charge in [0.15, 0.2) is 5.69 Å². The standard InChI is InChI=1S/C20H20N4O2/c1-15(18-11-7-4-8-12-18)21-22-20(25)19-16(2)23(14-24(19)26)13-17-9-5-3-6-10-17/h3-12,14H,13H2,1-2H3,(H,22,25)/b21-15+. The van der Waals surface area contributed by atoms with Gasteiger partial charge in [0.25, 0.3) is 0 Å². The van der Waals surface area contributed by atoms with E-state index in [1.165, 1.54) is 6.33 Å². The molecule has 0 aliphatic carbocycles. The van der Waals surface area contributed by atoms with E-state index in [4.69, 9.17) is 0 Å². The molecule has 0 aliphatic heterocycles. The molecule has 1 N–H and O–H groups in total. The van der Waals surface area contributed by atoms with Crippen LogP contribution in [0.4, 0.5) is 0 Å². The minimum Gasteiger partial charge on any atom is -0.710 e. The third kappa shape index (κ3) is 3.80. The van der Waals surface area contributed by atoms with Gasteiger partial charge in [-0.05, 0) is 18.1 Å². The second-order valence-corrected chi connectivity index (χ2v) is 5.99. The second-order valence-electron chi connectivity index (χ2n) is 5.99. The van der Waals surface area contributed by atoms with Crippen LogP contribution in [0.2, 0.25) is 0 Å². The van der Waals surface area contributed by atoms with Gasteiger partial charge in [0.1, 0.15) is 6.54 Å². The molecule has 26 heavy (non-hydrogen) atoms. The zero-order chi connectivity index (χ0) is 18.5. The number of nitrogens with zero attached hydrogens (tertiary/aromatic N) is 3. The first-order valence-corrected chi connectivity index (χ1v) is 8.29. The second kappa shape index (κ2) is 7.65. The van der Waals surface area contributed by atoms with Crippen LogP contribution in [0.15, 0.2) is 72.1 Å². The fraction of sp³-hybridized carbons (Fsp3) is 0.150. The van der Waals surface area contributed by atoms with E-state index in [1.54, 1.807) is 18.4 Å². The number of aromatic nitrogens is 2. The lowest BCUT2D eigenvalue weighted by Gasteiger charge is -2.04. The summed E-state index contributed by atoms with van der Waals surface area (Å²) in [6, 6.07) is 19.3. The smallest absolute Gasteiger partial charge is 0.315 e. The van der Waals surface area contributed by atoms with Gasteiger partial charge < -0.3 is 5.21 Å². The molecule has 1 heterocycles. The highest BCUT2D eigenvalue weighted by Gasteiger charge is 2.23. The fourth-order valence-electron chi connectivity index (χ4n) is 2.70. The Bertz CT molecular complexity index is 931. The molecule has 1 amide bonds. The van der Waals surface area contributed by atoms with E-state index >= 15 is 0 Å². The molecule has 1 aromatic heterocycles. The van der Waals surface area contributed by atoms with E-state index in [2.05, 4.69) is 10.5 Å². The van der Waals surface area contributed by atoms with E-state index in [-0.39, 0.29) is 5.69 Å². The molecule has 0 atom stereocenters. The van der Waals surface area contributed by atoms with E-state index in [1.807, 2.05) is 60.7 Å². The lowest BCUT2D eigenvalue weighted by atomic mass is 10.1. The van der Waals surface area contributed by atoms with Crippen LogP contribution in [-0.2, 0) is 6.54 Å². The average Bonchev–Trinajstić information content (AvgIpc) is 2.94. The van der Waals surface area contributed by atoms with E-state index in [0.717, 1.165) is 11.1 Å². The number of hydrogen-bond donors (Lipinski definition) is 1. The predicted molar refractivity (Wildman–Crippen MR) is 99.8 cm³/mol. The van der Waals surface area contributed by atoms with Crippen molar-refractivity contribution in [1.82, 2.24) is 9.99 Å². The first-order valence-electron chi connectivity index (χ1n) is 8.29. The summed E-state index contributed by atoms with van der Waals surface area (Å²) in [7, 11) is 0. The zero-order valence-corrected chi connectivity index (χ0v) is 14.7. The molecule has 0 radical (unpaired) electrons. The summed E-state index contributed by atoms with van der Waals surface area (Å²) >= 11 is 0. The number of imidazole rings is 1. The third-order valence-corrected chi connectivity index (χ3v) is 4.17. The predicted octanol–water partition coefficient (Wildman–Crippen LogP) is 2.63. The Labute approximate surface area is 152 Å². The minimum absolute atomic E-state index is 0.0468. The van der Waals surface area contributed by atoms with Crippen molar-refractivity contribution in [3.63, 3.8) is 0 Å². The maximum absolute atomic E-state index is 12.4. The SMILES string of the molecule is C/C(=N\NC(=O)c1c(C)n(Cc2ccccc2)c[n+]1[O-])c1ccccc1. The summed E-state index contributed by atoms with van der Waals surface area (Å²) in [5.74, 6) is -0.528. The highest BCUT2D eigenvalue weighted by atomic mass is 16.5. The Hall–Kier alpha value is -3.41. The van der Waals surface area contributed by atoms with Crippen molar-refractivity contribution in [3.8, 4) is 0 Å². The minimum atomic E-state index is -0.528. The molecule has 0 spiro atoms. The van der Waals surface area contributed by atoms with Crippen LogP contribution in [-0.4, -0.2) is 16.2 Å². The Balaban J connectivity index is 1.77. The quantitative estimate of drug-likeness (QED) is 0.333. The first-order chi connectivity index (χ1) is 12.6. The van der Waals surface area contributed by atoms with Gasteiger partial charge in [0, 0.05) is 6.92 Å². The van der Waals surface area contributed by atoms with Crippen molar-refractivity contribution in [2.24, 2.45) is 5.10 Å². The Morgan fingerprint density at radius 2 is 1.73 bits per heavy atom. The molecule has 6 nitrogen and oxygen atoms in total. The number of nitrogens with one attached hydrogen (secondary N) is 1. The summed E-state index contributed by atoms with van der Waals surface area (Å²) in [5.41, 5.74) is 5.73. The van der Waals surface area contributed by atoms with Crippen molar-refractivity contribution >= 4 is 11.6 Å². The van der Waals surface area contributed by atoms with E-state index in [0.29, 0.717) is 22.7 Å². The summed E-state index contributed by atoms with van der Waals surface area (Å²) in [6.07, 6.45) is 1.38. The lowest BCUT2D eigenvalue weighted by Crippen LogP contribution is -2.36. The molecular formula is C20H20N4O2. The van der Waals surface area contributed by atoms with Crippen molar-refractivity contribution < 1.29 is 9.52 Å². The van der Waals surface area contributed by atoms with Crippen molar-refractivity contribution in [1.29, 1.82) is 0 Å². The number of hydrogen-bond acceptors (Lipinski definition) is 3. The van der Waals surface area contributed by atoms with Crippen LogP contribution in [0, 0.1) is 12.1 Å². The van der Waals surface area contributed by atoms with Crippen LogP contribution in [0.5, 0.6) is 0 Å². The number of carbonyl (C=O) groups excluding carboxylic acids is 1. The van der Waals surface area contributed by atoms with Crippen molar-refractivity contribution in [2.75, 3.05) is 0 Å². The van der Waals surface area contributed by atoms with Gasteiger partial charge in [-0.25, -0.2) is 14.7 Å². The first kappa shape index (κ1) is 17.4. The van der Waals surface area contributed by atoms with Gasteiger partial charge in [-0.15, -0.1) is 0 Å². The number of carbonyl (C=O) groups is 1. The topological polar surface area (TPSA) is 73.3 Å². The molecule has 132 valence electrons. The fourth-order valence-corrected chi connectivity index (χ4v) is 2.70. The molecule has 0 aliphatic rings. The number of benzene rings is 2. The van der Waals surface area contributed by atoms with Crippen molar-refractivity contribution in [2.45, 2.75) is 20.4 Å². The van der Waals surface area contributed by atoms with Gasteiger partial charge in [0.2, 0.25) is 12.0 Å². The Kier molecular flexibility index (Phi) is 5.12. The molecule has 3 aromatic rings. The number of hydrazone groups is 1. The number of rotatable bonds is 5. The molecule has 0 fully saturated rings. The Morgan fingerprint density at radius 1 is 1.12 bits per heavy atom. The van der Waals surface area contributed by atoms with E-state index < -0.39 is 5.91 Å². The maximum atomic E-state index is 12.4. The summed E-state index contributed by atoms with van der Waals surface area (Å²) < 4.78 is 2.34. The van der Waals surface area contributed by atoms with E-state index in [9.17, 15) is 10.0 Å². The monoisotopic (exact) mass is 348 g/mol. The average molecular weight is 348 g/mol. The summed E-state index contributed by atoms with van der Waals surface area (Å²) in [6.45, 7) is 4.07. The van der Waals surface area contributed by atoms with Gasteiger partial charge in [-0.2, -0.15) is 5.10 Å². The van der Waals surface area contributed by atoms with Gasteiger partial charge in [-0.1, -0.05) is 60.7 Å². The third-order valence-electron chi connectivity index (χ3n) is 4.17. The largest absolute Gasteiger partial charge is 0.710 e. The van der Waals surface area contributed by atoms with Crippen molar-refractivity contribution in [3.05, 3.63) is 94.7 Å². The molecule has 0 saturated carbocycles. The Morgan fingerprint density at radius 3 is 2.38 bits per heavy atom. The molecule has 0 saturated heterocycles. The van der Waals surface area contributed by atoms with Gasteiger partial charge in [-0.3, -0.25) is 4.79 Å². The molecule has 2 aromatic carbocycles. The van der Waals surface area contributed by atoms with Crippen LogP contribution in [0.1, 0.15) is 34.2 Å². The molecule has 6 heteroatoms. The van der Waals surface area contributed by atoms with Crippen LogP contribution >= 0.6 is 0 Å². The maximum Gasteiger partial charge on any atom is 0.315 e. The normalized spacial score (nSPS) is 11.4. The number of amides is 1. The highest BCUT2D eigenvalue weighted by molar-refractivity contribution is 6.00. The molecule has 3 rings (SSSR count). The summed E-state index contributed by atoms with van der Waals surface area (Å²) in [4.78, 5) is 12.4. The molecular weight excluding hydrogens is 328 g/mol. The highest BCUT2D eigenvalue weighted by Crippen LogP contribution is 2.09. The summed E-state index contributed by atoms with van der Waals surface area (Å²) in [5, 5.41) is 16.3. The van der Waals surface area contributed by atoms with Crippen LogP contribution in [0.3, 0.4) is 0 Å². The van der Waals surface area contributed by atoms with Gasteiger partial charge in [0.05, 0.1) is 5.71 Å². The zero-order valence-electron chi connectivity index (χ0n) is 14.7. The molecule has 0 bridgehead atoms. The lowest BCUT2D eigenvalue weighted by molar-refractivity contribution is -0.607. The van der Waals surface area contributed by atoms with Crippen LogP contribution < -0.4 is 10.2 Å². The van der Waals surface area contributed by atoms with Gasteiger partial charge >= 0.3 is 5.91 Å².